The van der Waals surface area contributed by atoms with E-state index >= 15 is 0 Å². The summed E-state index contributed by atoms with van der Waals surface area (Å²) in [5, 5.41) is 0. The van der Waals surface area contributed by atoms with E-state index < -0.39 is 17.6 Å². The number of rotatable bonds is 3. The Morgan fingerprint density at radius 3 is 2.56 bits per heavy atom. The van der Waals surface area contributed by atoms with E-state index in [2.05, 4.69) is 0 Å². The van der Waals surface area contributed by atoms with Crippen molar-refractivity contribution in [3.63, 3.8) is 0 Å². The lowest BCUT2D eigenvalue weighted by Gasteiger charge is -2.38. The lowest BCUT2D eigenvalue weighted by molar-refractivity contribution is -0.141. The van der Waals surface area contributed by atoms with Crippen LogP contribution in [0.1, 0.15) is 26.2 Å². The van der Waals surface area contributed by atoms with Crippen LogP contribution < -0.4 is 10.6 Å². The molecule has 3 rings (SSSR count). The van der Waals surface area contributed by atoms with Crippen molar-refractivity contribution in [1.82, 2.24) is 4.90 Å². The predicted molar refractivity (Wildman–Crippen MR) is 90.0 cm³/mol. The lowest BCUT2D eigenvalue weighted by atomic mass is 9.91. The number of halogens is 1. The summed E-state index contributed by atoms with van der Waals surface area (Å²) in [7, 11) is 0. The number of hydrogen-bond donors (Lipinski definition) is 1. The summed E-state index contributed by atoms with van der Waals surface area (Å²) in [5.74, 6) is -2.18. The molecule has 0 spiro atoms. The molecule has 2 N–H and O–H groups in total. The molecular weight excluding hydrogens is 325 g/mol. The van der Waals surface area contributed by atoms with Gasteiger partial charge in [-0.25, -0.2) is 4.39 Å². The zero-order chi connectivity index (χ0) is 18.1. The molecule has 1 aromatic carbocycles. The molecule has 6 nitrogen and oxygen atoms in total. The number of benzene rings is 1. The quantitative estimate of drug-likeness (QED) is 0.894. The van der Waals surface area contributed by atoms with E-state index in [0.29, 0.717) is 19.4 Å². The number of nitrogens with zero attached hydrogens (tertiary/aromatic N) is 2. The molecule has 2 fully saturated rings. The lowest BCUT2D eigenvalue weighted by Crippen LogP contribution is -2.50. The molecule has 0 aliphatic carbocycles. The maximum atomic E-state index is 14.0. The molecule has 2 aliphatic rings. The largest absolute Gasteiger partial charge is 0.369 e. The van der Waals surface area contributed by atoms with E-state index in [0.717, 1.165) is 0 Å². The van der Waals surface area contributed by atoms with E-state index in [1.165, 1.54) is 17.0 Å². The van der Waals surface area contributed by atoms with Crippen LogP contribution in [-0.4, -0.2) is 41.8 Å². The van der Waals surface area contributed by atoms with Crippen LogP contribution in [0.25, 0.3) is 0 Å². The third-order valence-corrected chi connectivity index (χ3v) is 5.19. The summed E-state index contributed by atoms with van der Waals surface area (Å²) >= 11 is 0. The van der Waals surface area contributed by atoms with Gasteiger partial charge in [-0.05, 0) is 31.9 Å². The van der Waals surface area contributed by atoms with Crippen molar-refractivity contribution >= 4 is 23.4 Å². The summed E-state index contributed by atoms with van der Waals surface area (Å²) in [6, 6.07) is 6.04. The number of piperidine rings is 1. The number of nitrogens with two attached hydrogens (primary N) is 1. The van der Waals surface area contributed by atoms with Crippen LogP contribution in [-0.2, 0) is 14.4 Å². The van der Waals surface area contributed by atoms with Crippen LogP contribution in [0.5, 0.6) is 0 Å². The third-order valence-electron chi connectivity index (χ3n) is 5.19. The smallest absolute Gasteiger partial charge is 0.228 e. The fraction of sp³-hybridized carbons (Fsp3) is 0.500. The van der Waals surface area contributed by atoms with Gasteiger partial charge in [-0.3, -0.25) is 14.4 Å². The summed E-state index contributed by atoms with van der Waals surface area (Å²) in [6.45, 7) is 2.38. The van der Waals surface area contributed by atoms with Crippen molar-refractivity contribution in [2.75, 3.05) is 18.0 Å². The Morgan fingerprint density at radius 1 is 1.16 bits per heavy atom. The number of carbonyl (C=O) groups excluding carboxylic acids is 3. The second-order valence-electron chi connectivity index (χ2n) is 6.87. The molecular formula is C18H22FN3O3. The monoisotopic (exact) mass is 347 g/mol. The van der Waals surface area contributed by atoms with Crippen LogP contribution in [0.4, 0.5) is 10.1 Å². The summed E-state index contributed by atoms with van der Waals surface area (Å²) in [5.41, 5.74) is 5.58. The molecule has 25 heavy (non-hydrogen) atoms. The summed E-state index contributed by atoms with van der Waals surface area (Å²) in [6.07, 6.45) is 1.43. The minimum atomic E-state index is -0.527. The van der Waals surface area contributed by atoms with Crippen molar-refractivity contribution < 1.29 is 18.8 Å². The first kappa shape index (κ1) is 17.4. The van der Waals surface area contributed by atoms with Gasteiger partial charge in [0.25, 0.3) is 0 Å². The van der Waals surface area contributed by atoms with Crippen molar-refractivity contribution in [2.24, 2.45) is 17.6 Å². The fourth-order valence-electron chi connectivity index (χ4n) is 3.66. The second kappa shape index (κ2) is 6.82. The predicted octanol–water partition coefficient (Wildman–Crippen LogP) is 1.29. The number of amides is 3. The van der Waals surface area contributed by atoms with Crippen molar-refractivity contribution in [1.29, 1.82) is 0 Å². The third kappa shape index (κ3) is 3.36. The van der Waals surface area contributed by atoms with Gasteiger partial charge in [-0.15, -0.1) is 0 Å². The Morgan fingerprint density at radius 2 is 1.88 bits per heavy atom. The van der Waals surface area contributed by atoms with Gasteiger partial charge < -0.3 is 15.5 Å². The molecule has 2 saturated heterocycles. The van der Waals surface area contributed by atoms with Gasteiger partial charge in [-0.1, -0.05) is 12.1 Å². The van der Waals surface area contributed by atoms with Gasteiger partial charge in [0, 0.05) is 25.6 Å². The minimum absolute atomic E-state index is 0.000661. The van der Waals surface area contributed by atoms with E-state index in [1.54, 1.807) is 17.0 Å². The van der Waals surface area contributed by atoms with Crippen LogP contribution in [0.3, 0.4) is 0 Å². The maximum Gasteiger partial charge on any atom is 0.228 e. The Balaban J connectivity index is 1.74. The Bertz CT molecular complexity index is 709. The minimum Gasteiger partial charge on any atom is -0.369 e. The second-order valence-corrected chi connectivity index (χ2v) is 6.87. The number of para-hydroxylation sites is 1. The number of hydrogen-bond acceptors (Lipinski definition) is 3. The molecule has 3 atom stereocenters. The van der Waals surface area contributed by atoms with Crippen LogP contribution in [0, 0.1) is 17.7 Å². The van der Waals surface area contributed by atoms with Gasteiger partial charge in [0.05, 0.1) is 17.5 Å². The molecule has 0 saturated carbocycles. The Hall–Kier alpha value is -2.44. The number of carbonyl (C=O) groups is 3. The summed E-state index contributed by atoms with van der Waals surface area (Å²) < 4.78 is 14.0. The maximum absolute atomic E-state index is 14.0. The number of anilines is 1. The molecule has 2 aliphatic heterocycles. The highest BCUT2D eigenvalue weighted by Gasteiger charge is 2.41. The molecule has 2 heterocycles. The van der Waals surface area contributed by atoms with E-state index in [-0.39, 0.29) is 42.4 Å². The van der Waals surface area contributed by atoms with Gasteiger partial charge >= 0.3 is 0 Å². The van der Waals surface area contributed by atoms with Crippen LogP contribution in [0.15, 0.2) is 24.3 Å². The molecule has 0 radical (unpaired) electrons. The van der Waals surface area contributed by atoms with Gasteiger partial charge in [-0.2, -0.15) is 0 Å². The van der Waals surface area contributed by atoms with Gasteiger partial charge in [0.1, 0.15) is 5.82 Å². The first-order valence-electron chi connectivity index (χ1n) is 8.53. The molecule has 0 bridgehead atoms. The van der Waals surface area contributed by atoms with Crippen molar-refractivity contribution in [3.8, 4) is 0 Å². The van der Waals surface area contributed by atoms with Gasteiger partial charge in [0.2, 0.25) is 17.7 Å². The zero-order valence-corrected chi connectivity index (χ0v) is 14.2. The Labute approximate surface area is 145 Å². The molecule has 0 aromatic heterocycles. The van der Waals surface area contributed by atoms with Crippen LogP contribution in [0.2, 0.25) is 0 Å². The Kier molecular flexibility index (Phi) is 4.74. The SMILES string of the molecule is C[C@@H]1CC[C@@H](C(N)=O)CN1C(=O)[C@H]1CC(=O)N(c2ccccc2F)C1. The summed E-state index contributed by atoms with van der Waals surface area (Å²) in [4.78, 5) is 39.6. The zero-order valence-electron chi connectivity index (χ0n) is 14.2. The van der Waals surface area contributed by atoms with Gasteiger partial charge in [0.15, 0.2) is 0 Å². The molecule has 134 valence electrons. The molecule has 1 aromatic rings. The molecule has 0 unspecified atom stereocenters. The van der Waals surface area contributed by atoms with E-state index in [4.69, 9.17) is 5.73 Å². The highest BCUT2D eigenvalue weighted by Crippen LogP contribution is 2.30. The first-order valence-corrected chi connectivity index (χ1v) is 8.53. The number of primary amides is 1. The number of likely N-dealkylation sites (tertiary alicyclic amines) is 1. The van der Waals surface area contributed by atoms with Crippen LogP contribution >= 0.6 is 0 Å². The molecule has 3 amide bonds. The highest BCUT2D eigenvalue weighted by atomic mass is 19.1. The molecule has 7 heteroatoms. The van der Waals surface area contributed by atoms with E-state index in [9.17, 15) is 18.8 Å². The highest BCUT2D eigenvalue weighted by molar-refractivity contribution is 6.00. The topological polar surface area (TPSA) is 83.7 Å². The average Bonchev–Trinajstić information content (AvgIpc) is 2.96. The van der Waals surface area contributed by atoms with E-state index in [1.807, 2.05) is 6.92 Å². The first-order chi connectivity index (χ1) is 11.9. The standard InChI is InChI=1S/C18H22FN3O3/c1-11-6-7-12(17(20)24)9-21(11)18(25)13-8-16(23)22(10-13)15-5-3-2-4-14(15)19/h2-5,11-13H,6-10H2,1H3,(H2,20,24)/t11-,12-,13+/m1/s1. The van der Waals surface area contributed by atoms with Crippen molar-refractivity contribution in [3.05, 3.63) is 30.1 Å². The average molecular weight is 347 g/mol. The normalized spacial score (nSPS) is 26.8. The fourth-order valence-corrected chi connectivity index (χ4v) is 3.66. The van der Waals surface area contributed by atoms with Crippen molar-refractivity contribution in [2.45, 2.75) is 32.2 Å².